The van der Waals surface area contributed by atoms with E-state index in [0.29, 0.717) is 23.2 Å². The molecule has 0 saturated heterocycles. The van der Waals surface area contributed by atoms with Gasteiger partial charge < -0.3 is 20.3 Å². The lowest BCUT2D eigenvalue weighted by molar-refractivity contribution is -0.120. The van der Waals surface area contributed by atoms with E-state index in [2.05, 4.69) is 15.3 Å². The van der Waals surface area contributed by atoms with E-state index in [4.69, 9.17) is 15.3 Å². The third kappa shape index (κ3) is 5.18. The zero-order valence-electron chi connectivity index (χ0n) is 17.9. The smallest absolute Gasteiger partial charge is 0.298 e. The predicted molar refractivity (Wildman–Crippen MR) is 122 cm³/mol. The van der Waals surface area contributed by atoms with Gasteiger partial charge in [0.25, 0.3) is 16.1 Å². The molecule has 1 aromatic heterocycles. The van der Waals surface area contributed by atoms with E-state index < -0.39 is 22.2 Å². The zero-order chi connectivity index (χ0) is 23.5. The summed E-state index contributed by atoms with van der Waals surface area (Å²) in [5, 5.41) is 12.6. The number of amidine groups is 1. The fourth-order valence-electron chi connectivity index (χ4n) is 3.34. The van der Waals surface area contributed by atoms with Gasteiger partial charge in [-0.25, -0.2) is 9.86 Å². The van der Waals surface area contributed by atoms with Crippen LogP contribution in [0.1, 0.15) is 35.2 Å². The SMILES string of the molecule is CCc1cc(C(Nc2ccc(/C(N)=N\OC)cc2)C(=O)NS(N)(=O)=O)cc2c(C)coc12. The molecule has 0 aliphatic rings. The second-order valence-electron chi connectivity index (χ2n) is 7.15. The Balaban J connectivity index is 2.03. The van der Waals surface area contributed by atoms with Crippen LogP contribution in [0.3, 0.4) is 0 Å². The van der Waals surface area contributed by atoms with Crippen LogP contribution in [0.2, 0.25) is 0 Å². The van der Waals surface area contributed by atoms with Crippen LogP contribution < -0.4 is 20.9 Å². The van der Waals surface area contributed by atoms with Gasteiger partial charge in [0, 0.05) is 16.6 Å². The number of hydrogen-bond donors (Lipinski definition) is 4. The number of oxime groups is 1. The standard InChI is InChI=1S/C21H25N5O5S/c1-4-13-9-15(10-17-12(2)11-31-19(13)17)18(21(27)26-32(23,28)29)24-16-7-5-14(6-8-16)20(22)25-30-3/h5-11,18,24H,4H2,1-3H3,(H2,22,25)(H,26,27)(H2,23,28,29). The molecule has 1 amide bonds. The third-order valence-corrected chi connectivity index (χ3v) is 5.35. The fourth-order valence-corrected chi connectivity index (χ4v) is 3.74. The van der Waals surface area contributed by atoms with Crippen LogP contribution in [0.25, 0.3) is 11.0 Å². The largest absolute Gasteiger partial charge is 0.464 e. The molecule has 170 valence electrons. The lowest BCUT2D eigenvalue weighted by Crippen LogP contribution is -2.41. The Hall–Kier alpha value is -3.57. The van der Waals surface area contributed by atoms with Crippen molar-refractivity contribution in [2.45, 2.75) is 26.3 Å². The molecule has 0 radical (unpaired) electrons. The highest BCUT2D eigenvalue weighted by molar-refractivity contribution is 7.87. The number of nitrogens with one attached hydrogen (secondary N) is 2. The van der Waals surface area contributed by atoms with Crippen molar-refractivity contribution in [1.29, 1.82) is 0 Å². The van der Waals surface area contributed by atoms with Crippen LogP contribution in [-0.2, 0) is 26.3 Å². The summed E-state index contributed by atoms with van der Waals surface area (Å²) in [6.45, 7) is 3.86. The highest BCUT2D eigenvalue weighted by Crippen LogP contribution is 2.30. The molecule has 1 unspecified atom stereocenters. The normalized spacial score (nSPS) is 13.1. The zero-order valence-corrected chi connectivity index (χ0v) is 18.7. The Morgan fingerprint density at radius 3 is 2.53 bits per heavy atom. The number of anilines is 1. The number of benzene rings is 2. The first-order valence-electron chi connectivity index (χ1n) is 9.71. The van der Waals surface area contributed by atoms with E-state index in [0.717, 1.165) is 22.1 Å². The molecule has 0 spiro atoms. The maximum Gasteiger partial charge on any atom is 0.298 e. The van der Waals surface area contributed by atoms with Crippen LogP contribution in [0, 0.1) is 6.92 Å². The summed E-state index contributed by atoms with van der Waals surface area (Å²) in [7, 11) is -2.86. The number of nitrogens with two attached hydrogens (primary N) is 2. The molecule has 10 nitrogen and oxygen atoms in total. The number of rotatable bonds is 8. The highest BCUT2D eigenvalue weighted by atomic mass is 32.2. The Kier molecular flexibility index (Phi) is 6.70. The Labute approximate surface area is 185 Å². The highest BCUT2D eigenvalue weighted by Gasteiger charge is 2.25. The van der Waals surface area contributed by atoms with Gasteiger partial charge in [-0.15, -0.1) is 0 Å². The first kappa shape index (κ1) is 23.1. The third-order valence-electron chi connectivity index (χ3n) is 4.87. The number of furan rings is 1. The minimum Gasteiger partial charge on any atom is -0.464 e. The van der Waals surface area contributed by atoms with Crippen LogP contribution in [-0.4, -0.2) is 27.3 Å². The number of hydrogen-bond acceptors (Lipinski definition) is 7. The Morgan fingerprint density at radius 2 is 1.94 bits per heavy atom. The second kappa shape index (κ2) is 9.28. The van der Waals surface area contributed by atoms with Gasteiger partial charge in [0.2, 0.25) is 0 Å². The fraction of sp³-hybridized carbons (Fsp3) is 0.238. The average Bonchev–Trinajstić information content (AvgIpc) is 3.11. The Morgan fingerprint density at radius 1 is 1.25 bits per heavy atom. The van der Waals surface area contributed by atoms with Gasteiger partial charge in [0.15, 0.2) is 5.84 Å². The molecule has 0 saturated carbocycles. The molecule has 6 N–H and O–H groups in total. The molecular formula is C21H25N5O5S. The van der Waals surface area contributed by atoms with Gasteiger partial charge in [-0.2, -0.15) is 8.42 Å². The van der Waals surface area contributed by atoms with E-state index in [9.17, 15) is 13.2 Å². The molecule has 0 bridgehead atoms. The van der Waals surface area contributed by atoms with Gasteiger partial charge >= 0.3 is 0 Å². The summed E-state index contributed by atoms with van der Waals surface area (Å²) in [5.41, 5.74) is 10.1. The van der Waals surface area contributed by atoms with Crippen molar-refractivity contribution in [3.8, 4) is 0 Å². The lowest BCUT2D eigenvalue weighted by Gasteiger charge is -2.20. The summed E-state index contributed by atoms with van der Waals surface area (Å²) < 4.78 is 30.5. The summed E-state index contributed by atoms with van der Waals surface area (Å²) in [6, 6.07) is 9.31. The van der Waals surface area contributed by atoms with Crippen molar-refractivity contribution in [1.82, 2.24) is 4.72 Å². The molecule has 3 rings (SSSR count). The molecule has 3 aromatic rings. The van der Waals surface area contributed by atoms with E-state index in [1.807, 2.05) is 24.6 Å². The summed E-state index contributed by atoms with van der Waals surface area (Å²) in [5.74, 6) is -0.629. The van der Waals surface area contributed by atoms with Crippen molar-refractivity contribution < 1.29 is 22.5 Å². The molecule has 1 atom stereocenters. The van der Waals surface area contributed by atoms with Crippen molar-refractivity contribution in [2.75, 3.05) is 12.4 Å². The predicted octanol–water partition coefficient (Wildman–Crippen LogP) is 2.04. The summed E-state index contributed by atoms with van der Waals surface area (Å²) in [4.78, 5) is 17.5. The topological polar surface area (TPSA) is 162 Å². The van der Waals surface area contributed by atoms with E-state index >= 15 is 0 Å². The maximum absolute atomic E-state index is 12.9. The summed E-state index contributed by atoms with van der Waals surface area (Å²) >= 11 is 0. The summed E-state index contributed by atoms with van der Waals surface area (Å²) in [6.07, 6.45) is 2.30. The Bertz CT molecular complexity index is 1270. The van der Waals surface area contributed by atoms with Crippen LogP contribution in [0.15, 0.2) is 52.2 Å². The monoisotopic (exact) mass is 459 g/mol. The minimum atomic E-state index is -4.25. The molecule has 32 heavy (non-hydrogen) atoms. The van der Waals surface area contributed by atoms with E-state index in [1.165, 1.54) is 7.11 Å². The minimum absolute atomic E-state index is 0.191. The number of nitrogens with zero attached hydrogens (tertiary/aromatic N) is 1. The quantitative estimate of drug-likeness (QED) is 0.227. The molecule has 2 aromatic carbocycles. The first-order valence-corrected chi connectivity index (χ1v) is 11.3. The number of carbonyl (C=O) groups is 1. The number of carbonyl (C=O) groups excluding carboxylic acids is 1. The van der Waals surface area contributed by atoms with Gasteiger partial charge in [-0.1, -0.05) is 12.1 Å². The van der Waals surface area contributed by atoms with Gasteiger partial charge in [0.1, 0.15) is 18.7 Å². The average molecular weight is 460 g/mol. The molecule has 1 heterocycles. The van der Waals surface area contributed by atoms with Gasteiger partial charge in [-0.05, 0) is 66.4 Å². The first-order chi connectivity index (χ1) is 15.1. The van der Waals surface area contributed by atoms with Crippen molar-refractivity contribution in [2.24, 2.45) is 16.0 Å². The molecule has 11 heteroatoms. The molecule has 0 aliphatic heterocycles. The molecule has 0 fully saturated rings. The van der Waals surface area contributed by atoms with Crippen LogP contribution >= 0.6 is 0 Å². The van der Waals surface area contributed by atoms with Crippen LogP contribution in [0.5, 0.6) is 0 Å². The van der Waals surface area contributed by atoms with E-state index in [-0.39, 0.29) is 5.84 Å². The lowest BCUT2D eigenvalue weighted by atomic mass is 9.98. The van der Waals surface area contributed by atoms with Crippen molar-refractivity contribution in [3.63, 3.8) is 0 Å². The van der Waals surface area contributed by atoms with Crippen LogP contribution in [0.4, 0.5) is 5.69 Å². The van der Waals surface area contributed by atoms with Gasteiger partial charge in [-0.3, -0.25) is 4.79 Å². The number of amides is 1. The molecular weight excluding hydrogens is 434 g/mol. The number of aryl methyl sites for hydroxylation is 2. The second-order valence-corrected chi connectivity index (χ2v) is 8.45. The maximum atomic E-state index is 12.9. The van der Waals surface area contributed by atoms with E-state index in [1.54, 1.807) is 36.6 Å². The number of fused-ring (bicyclic) bond motifs is 1. The van der Waals surface area contributed by atoms with Crippen molar-refractivity contribution in [3.05, 3.63) is 64.9 Å². The molecule has 0 aliphatic carbocycles. The van der Waals surface area contributed by atoms with Gasteiger partial charge in [0.05, 0.1) is 6.26 Å². The van der Waals surface area contributed by atoms with Crippen molar-refractivity contribution >= 4 is 38.6 Å².